The molecular weight excluding hydrogens is 332 g/mol. The summed E-state index contributed by atoms with van der Waals surface area (Å²) >= 11 is 8.64. The van der Waals surface area contributed by atoms with Crippen molar-refractivity contribution in [2.75, 3.05) is 11.4 Å². The molecule has 0 unspecified atom stereocenters. The van der Waals surface area contributed by atoms with E-state index < -0.39 is 0 Å². The van der Waals surface area contributed by atoms with E-state index in [1.165, 1.54) is 5.69 Å². The molecule has 0 aromatic heterocycles. The van der Waals surface area contributed by atoms with Crippen LogP contribution < -0.4 is 10.6 Å². The van der Waals surface area contributed by atoms with Crippen molar-refractivity contribution in [2.24, 2.45) is 11.7 Å². The average Bonchev–Trinajstić information content (AvgIpc) is 2.37. The minimum absolute atomic E-state index is 0.432. The average molecular weight is 357 g/mol. The SMILES string of the molecule is CCC(CC)N(CC(C)C)c1ccc(C(N)=S)c(Br)c1. The van der Waals surface area contributed by atoms with Crippen LogP contribution in [0, 0.1) is 5.92 Å². The van der Waals surface area contributed by atoms with Gasteiger partial charge in [0, 0.05) is 28.3 Å². The van der Waals surface area contributed by atoms with Crippen LogP contribution in [0.15, 0.2) is 22.7 Å². The maximum atomic E-state index is 5.72. The normalized spacial score (nSPS) is 11.2. The number of benzene rings is 1. The van der Waals surface area contributed by atoms with Gasteiger partial charge in [0.1, 0.15) is 4.99 Å². The topological polar surface area (TPSA) is 29.3 Å². The van der Waals surface area contributed by atoms with E-state index in [0.717, 1.165) is 29.4 Å². The molecule has 0 aliphatic carbocycles. The monoisotopic (exact) mass is 356 g/mol. The molecule has 0 aliphatic heterocycles. The third kappa shape index (κ3) is 4.45. The van der Waals surface area contributed by atoms with Crippen molar-refractivity contribution in [3.8, 4) is 0 Å². The Kier molecular flexibility index (Phi) is 6.96. The second-order valence-electron chi connectivity index (χ2n) is 5.54. The summed E-state index contributed by atoms with van der Waals surface area (Å²) < 4.78 is 0.974. The largest absolute Gasteiger partial charge is 0.389 e. The lowest BCUT2D eigenvalue weighted by Crippen LogP contribution is -2.37. The standard InChI is InChI=1S/C16H25BrN2S/c1-5-12(6-2)19(10-11(3)4)13-7-8-14(16(18)20)15(17)9-13/h7-9,11-12H,5-6,10H2,1-4H3,(H2,18,20). The van der Waals surface area contributed by atoms with E-state index in [4.69, 9.17) is 18.0 Å². The van der Waals surface area contributed by atoms with Gasteiger partial charge < -0.3 is 10.6 Å². The molecule has 0 saturated heterocycles. The zero-order chi connectivity index (χ0) is 15.3. The first-order chi connectivity index (χ1) is 9.40. The van der Waals surface area contributed by atoms with E-state index in [1.807, 2.05) is 6.07 Å². The fraction of sp³-hybridized carbons (Fsp3) is 0.562. The molecular formula is C16H25BrN2S. The van der Waals surface area contributed by atoms with E-state index >= 15 is 0 Å². The predicted octanol–water partition coefficient (Wildman–Crippen LogP) is 4.73. The van der Waals surface area contributed by atoms with Crippen molar-refractivity contribution in [3.63, 3.8) is 0 Å². The molecule has 0 fully saturated rings. The molecule has 0 saturated carbocycles. The van der Waals surface area contributed by atoms with Crippen molar-refractivity contribution in [1.82, 2.24) is 0 Å². The van der Waals surface area contributed by atoms with Crippen molar-refractivity contribution in [3.05, 3.63) is 28.2 Å². The van der Waals surface area contributed by atoms with E-state index in [0.29, 0.717) is 16.9 Å². The number of nitrogens with two attached hydrogens (primary N) is 1. The third-order valence-corrected chi connectivity index (χ3v) is 4.37. The molecule has 0 heterocycles. The van der Waals surface area contributed by atoms with Gasteiger partial charge in [0.2, 0.25) is 0 Å². The van der Waals surface area contributed by atoms with Gasteiger partial charge in [-0.15, -0.1) is 0 Å². The molecule has 0 amide bonds. The highest BCUT2D eigenvalue weighted by Gasteiger charge is 2.18. The second kappa shape index (κ2) is 7.99. The van der Waals surface area contributed by atoms with Crippen LogP contribution in [0.2, 0.25) is 0 Å². The highest BCUT2D eigenvalue weighted by atomic mass is 79.9. The minimum atomic E-state index is 0.432. The van der Waals surface area contributed by atoms with Gasteiger partial charge in [0.05, 0.1) is 0 Å². The molecule has 0 atom stereocenters. The Bertz CT molecular complexity index is 456. The van der Waals surface area contributed by atoms with Crippen molar-refractivity contribution < 1.29 is 0 Å². The summed E-state index contributed by atoms with van der Waals surface area (Å²) in [5, 5.41) is 0. The second-order valence-corrected chi connectivity index (χ2v) is 6.84. The van der Waals surface area contributed by atoms with Crippen LogP contribution >= 0.6 is 28.1 Å². The van der Waals surface area contributed by atoms with Crippen molar-refractivity contribution in [1.29, 1.82) is 0 Å². The summed E-state index contributed by atoms with van der Waals surface area (Å²) in [5.74, 6) is 0.629. The zero-order valence-electron chi connectivity index (χ0n) is 12.8. The van der Waals surface area contributed by atoms with Crippen LogP contribution in [0.5, 0.6) is 0 Å². The molecule has 1 aromatic carbocycles. The fourth-order valence-corrected chi connectivity index (χ4v) is 3.36. The van der Waals surface area contributed by atoms with E-state index in [9.17, 15) is 0 Å². The van der Waals surface area contributed by atoms with Gasteiger partial charge >= 0.3 is 0 Å². The van der Waals surface area contributed by atoms with E-state index in [-0.39, 0.29) is 0 Å². The van der Waals surface area contributed by atoms with Gasteiger partial charge in [0.15, 0.2) is 0 Å². The molecule has 0 spiro atoms. The first-order valence-electron chi connectivity index (χ1n) is 7.26. The molecule has 1 aromatic rings. The van der Waals surface area contributed by atoms with Gasteiger partial charge in [-0.05, 0) is 52.9 Å². The summed E-state index contributed by atoms with van der Waals surface area (Å²) in [6.07, 6.45) is 2.30. The number of rotatable bonds is 7. The molecule has 0 aliphatic rings. The molecule has 2 N–H and O–H groups in total. The quantitative estimate of drug-likeness (QED) is 0.715. The highest BCUT2D eigenvalue weighted by Crippen LogP contribution is 2.27. The Labute approximate surface area is 136 Å². The number of nitrogens with zero attached hydrogens (tertiary/aromatic N) is 1. The van der Waals surface area contributed by atoms with Crippen LogP contribution in [0.3, 0.4) is 0 Å². The molecule has 2 nitrogen and oxygen atoms in total. The first-order valence-corrected chi connectivity index (χ1v) is 8.46. The molecule has 0 radical (unpaired) electrons. The Hall–Kier alpha value is -0.610. The molecule has 1 rings (SSSR count). The van der Waals surface area contributed by atoms with Crippen LogP contribution in [-0.4, -0.2) is 17.6 Å². The van der Waals surface area contributed by atoms with Crippen LogP contribution in [0.25, 0.3) is 0 Å². The molecule has 112 valence electrons. The minimum Gasteiger partial charge on any atom is -0.389 e. The lowest BCUT2D eigenvalue weighted by atomic mass is 10.1. The maximum absolute atomic E-state index is 5.72. The Morgan fingerprint density at radius 3 is 2.30 bits per heavy atom. The molecule has 0 bridgehead atoms. The maximum Gasteiger partial charge on any atom is 0.105 e. The first kappa shape index (κ1) is 17.4. The fourth-order valence-electron chi connectivity index (χ4n) is 2.47. The smallest absolute Gasteiger partial charge is 0.105 e. The summed E-state index contributed by atoms with van der Waals surface area (Å²) in [6, 6.07) is 6.84. The van der Waals surface area contributed by atoms with Gasteiger partial charge in [-0.1, -0.05) is 39.9 Å². The summed E-state index contributed by atoms with van der Waals surface area (Å²) in [4.78, 5) is 2.93. The van der Waals surface area contributed by atoms with Crippen LogP contribution in [-0.2, 0) is 0 Å². The van der Waals surface area contributed by atoms with Crippen LogP contribution in [0.1, 0.15) is 46.1 Å². The highest BCUT2D eigenvalue weighted by molar-refractivity contribution is 9.10. The Balaban J connectivity index is 3.13. The number of hydrogen-bond donors (Lipinski definition) is 1. The third-order valence-electron chi connectivity index (χ3n) is 3.49. The molecule has 20 heavy (non-hydrogen) atoms. The Morgan fingerprint density at radius 2 is 1.90 bits per heavy atom. The van der Waals surface area contributed by atoms with Gasteiger partial charge in [-0.3, -0.25) is 0 Å². The number of halogens is 1. The van der Waals surface area contributed by atoms with Crippen molar-refractivity contribution in [2.45, 2.75) is 46.6 Å². The predicted molar refractivity (Wildman–Crippen MR) is 96.6 cm³/mol. The van der Waals surface area contributed by atoms with Gasteiger partial charge in [-0.2, -0.15) is 0 Å². The lowest BCUT2D eigenvalue weighted by Gasteiger charge is -2.34. The van der Waals surface area contributed by atoms with Gasteiger partial charge in [-0.25, -0.2) is 0 Å². The number of anilines is 1. The van der Waals surface area contributed by atoms with E-state index in [1.54, 1.807) is 0 Å². The number of thiocarbonyl (C=S) groups is 1. The summed E-state index contributed by atoms with van der Waals surface area (Å²) in [7, 11) is 0. The summed E-state index contributed by atoms with van der Waals surface area (Å²) in [5.41, 5.74) is 7.86. The summed E-state index contributed by atoms with van der Waals surface area (Å²) in [6.45, 7) is 10.1. The van der Waals surface area contributed by atoms with E-state index in [2.05, 4.69) is 60.7 Å². The van der Waals surface area contributed by atoms with Gasteiger partial charge in [0.25, 0.3) is 0 Å². The Morgan fingerprint density at radius 1 is 1.30 bits per heavy atom. The van der Waals surface area contributed by atoms with Crippen molar-refractivity contribution >= 4 is 38.8 Å². The van der Waals surface area contributed by atoms with Crippen LogP contribution in [0.4, 0.5) is 5.69 Å². The zero-order valence-corrected chi connectivity index (χ0v) is 15.2. The molecule has 4 heteroatoms. The lowest BCUT2D eigenvalue weighted by molar-refractivity contribution is 0.507. The number of hydrogen-bond acceptors (Lipinski definition) is 2.